The molecule has 3 aliphatic rings. The van der Waals surface area contributed by atoms with E-state index >= 15 is 0 Å². The van der Waals surface area contributed by atoms with Crippen molar-refractivity contribution in [1.82, 2.24) is 5.32 Å². The van der Waals surface area contributed by atoms with Crippen LogP contribution < -0.4 is 15.8 Å². The zero-order valence-corrected chi connectivity index (χ0v) is 14.8. The van der Waals surface area contributed by atoms with Crippen LogP contribution in [-0.2, 0) is 10.2 Å². The number of hydrogen-bond acceptors (Lipinski definition) is 3. The summed E-state index contributed by atoms with van der Waals surface area (Å²) in [7, 11) is 1.74. The molecule has 3 aliphatic carbocycles. The first-order chi connectivity index (χ1) is 12.1. The Balaban J connectivity index is 1.67. The van der Waals surface area contributed by atoms with Crippen molar-refractivity contribution in [2.45, 2.75) is 43.9 Å². The molecule has 4 rings (SSSR count). The molecular formula is C20H27FN2O2. The smallest absolute Gasteiger partial charge is 0.225 e. The van der Waals surface area contributed by atoms with E-state index in [1.165, 1.54) is 5.56 Å². The molecule has 25 heavy (non-hydrogen) atoms. The minimum absolute atomic E-state index is 0.142. The van der Waals surface area contributed by atoms with Crippen molar-refractivity contribution in [2.75, 3.05) is 20.2 Å². The van der Waals surface area contributed by atoms with Crippen LogP contribution in [0.2, 0.25) is 0 Å². The molecule has 1 aromatic carbocycles. The molecule has 0 radical (unpaired) electrons. The van der Waals surface area contributed by atoms with Crippen molar-refractivity contribution < 1.29 is 13.9 Å². The predicted molar refractivity (Wildman–Crippen MR) is 96.1 cm³/mol. The van der Waals surface area contributed by atoms with Crippen LogP contribution in [0.4, 0.5) is 4.39 Å². The fraction of sp³-hybridized carbons (Fsp3) is 0.550. The van der Waals surface area contributed by atoms with E-state index in [1.807, 2.05) is 12.1 Å². The topological polar surface area (TPSA) is 64.3 Å². The van der Waals surface area contributed by atoms with Crippen LogP contribution in [0.5, 0.6) is 5.75 Å². The van der Waals surface area contributed by atoms with Gasteiger partial charge in [0.1, 0.15) is 12.4 Å². The van der Waals surface area contributed by atoms with Gasteiger partial charge in [-0.2, -0.15) is 0 Å². The fourth-order valence-corrected chi connectivity index (χ4v) is 4.44. The Kier molecular flexibility index (Phi) is 5.13. The Bertz CT molecular complexity index is 630. The third-order valence-electron chi connectivity index (χ3n) is 6.26. The van der Waals surface area contributed by atoms with Crippen LogP contribution in [0.1, 0.15) is 44.1 Å². The highest BCUT2D eigenvalue weighted by molar-refractivity contribution is 5.82. The molecule has 0 aliphatic heterocycles. The maximum Gasteiger partial charge on any atom is 0.225 e. The van der Waals surface area contributed by atoms with E-state index in [-0.39, 0.29) is 29.9 Å². The summed E-state index contributed by atoms with van der Waals surface area (Å²) >= 11 is 0. The summed E-state index contributed by atoms with van der Waals surface area (Å²) < 4.78 is 18.1. The van der Waals surface area contributed by atoms with Gasteiger partial charge in [-0.15, -0.1) is 0 Å². The quantitative estimate of drug-likeness (QED) is 0.831. The van der Waals surface area contributed by atoms with Gasteiger partial charge < -0.3 is 15.8 Å². The van der Waals surface area contributed by atoms with Gasteiger partial charge in [-0.3, -0.25) is 4.79 Å². The van der Waals surface area contributed by atoms with Gasteiger partial charge in [0.25, 0.3) is 0 Å². The van der Waals surface area contributed by atoms with Gasteiger partial charge in [0.15, 0.2) is 0 Å². The molecule has 3 saturated carbocycles. The number of ether oxygens (including phenoxy) is 1. The normalized spacial score (nSPS) is 28.7. The number of carbonyl (C=O) groups excluding carboxylic acids is 1. The summed E-state index contributed by atoms with van der Waals surface area (Å²) in [6, 6.07) is 8.14. The second-order valence-corrected chi connectivity index (χ2v) is 7.42. The van der Waals surface area contributed by atoms with E-state index in [1.54, 1.807) is 7.05 Å². The molecule has 1 aromatic rings. The van der Waals surface area contributed by atoms with E-state index in [9.17, 15) is 9.18 Å². The summed E-state index contributed by atoms with van der Waals surface area (Å²) in [5.74, 6) is 0.931. The molecule has 0 heterocycles. The second-order valence-electron chi connectivity index (χ2n) is 7.42. The minimum atomic E-state index is -0.142. The fourth-order valence-electron chi connectivity index (χ4n) is 4.44. The van der Waals surface area contributed by atoms with Gasteiger partial charge in [-0.25, -0.2) is 4.39 Å². The number of rotatable bonds is 6. The lowest BCUT2D eigenvalue weighted by Crippen LogP contribution is -2.51. The van der Waals surface area contributed by atoms with Crippen LogP contribution in [0.15, 0.2) is 36.2 Å². The molecule has 136 valence electrons. The zero-order valence-electron chi connectivity index (χ0n) is 14.8. The number of nitrogens with two attached hydrogens (primary N) is 1. The molecule has 0 saturated heterocycles. The Morgan fingerprint density at radius 1 is 1.20 bits per heavy atom. The molecule has 3 fully saturated rings. The number of hydrogen-bond donors (Lipinski definition) is 2. The highest BCUT2D eigenvalue weighted by atomic mass is 19.1. The van der Waals surface area contributed by atoms with Crippen LogP contribution in [0, 0.1) is 5.41 Å². The highest BCUT2D eigenvalue weighted by Gasteiger charge is 2.52. The van der Waals surface area contributed by atoms with Crippen LogP contribution in [0.3, 0.4) is 0 Å². The SMILES string of the molecule is CNC(=O)C12CCC(c3ccc(OCC(=CF)CN)cc3)(CC1)CC2. The van der Waals surface area contributed by atoms with Crippen LogP contribution in [0.25, 0.3) is 0 Å². The first-order valence-electron chi connectivity index (χ1n) is 9.01. The van der Waals surface area contributed by atoms with Gasteiger partial charge in [0.05, 0.1) is 6.33 Å². The molecule has 3 N–H and O–H groups in total. The number of nitrogens with one attached hydrogen (secondary N) is 1. The lowest BCUT2D eigenvalue weighted by molar-refractivity contribution is -0.137. The van der Waals surface area contributed by atoms with Crippen molar-refractivity contribution in [1.29, 1.82) is 0 Å². The maximum atomic E-state index is 12.5. The van der Waals surface area contributed by atoms with Crippen molar-refractivity contribution in [3.05, 3.63) is 41.7 Å². The van der Waals surface area contributed by atoms with E-state index < -0.39 is 0 Å². The van der Waals surface area contributed by atoms with Crippen molar-refractivity contribution in [3.63, 3.8) is 0 Å². The third-order valence-corrected chi connectivity index (χ3v) is 6.26. The molecule has 0 aromatic heterocycles. The molecule has 0 unspecified atom stereocenters. The Labute approximate surface area is 148 Å². The standard InChI is InChI=1S/C20H27FN2O2/c1-23-18(24)20-9-6-19(7-10-20,8-11-20)16-2-4-17(5-3-16)25-14-15(12-21)13-22/h2-5,12H,6-11,13-14,22H2,1H3,(H,23,24). The summed E-state index contributed by atoms with van der Waals surface area (Å²) in [6.07, 6.45) is 6.58. The Hall–Kier alpha value is -1.88. The second kappa shape index (κ2) is 7.16. The van der Waals surface area contributed by atoms with E-state index in [2.05, 4.69) is 17.4 Å². The molecule has 0 spiro atoms. The van der Waals surface area contributed by atoms with E-state index in [0.29, 0.717) is 11.9 Å². The van der Waals surface area contributed by atoms with E-state index in [4.69, 9.17) is 10.5 Å². The van der Waals surface area contributed by atoms with Crippen LogP contribution >= 0.6 is 0 Å². The molecular weight excluding hydrogens is 319 g/mol. The highest BCUT2D eigenvalue weighted by Crippen LogP contribution is 2.57. The number of benzene rings is 1. The molecule has 0 atom stereocenters. The monoisotopic (exact) mass is 346 g/mol. The van der Waals surface area contributed by atoms with Crippen molar-refractivity contribution in [2.24, 2.45) is 11.1 Å². The average molecular weight is 346 g/mol. The largest absolute Gasteiger partial charge is 0.489 e. The lowest BCUT2D eigenvalue weighted by atomic mass is 9.51. The summed E-state index contributed by atoms with van der Waals surface area (Å²) in [4.78, 5) is 12.2. The number of amides is 1. The molecule has 1 amide bonds. The Morgan fingerprint density at radius 3 is 2.28 bits per heavy atom. The van der Waals surface area contributed by atoms with E-state index in [0.717, 1.165) is 44.3 Å². The summed E-state index contributed by atoms with van der Waals surface area (Å²) in [6.45, 7) is 0.330. The van der Waals surface area contributed by atoms with Gasteiger partial charge in [0, 0.05) is 24.6 Å². The van der Waals surface area contributed by atoms with Gasteiger partial charge in [0.2, 0.25) is 5.91 Å². The molecule has 4 nitrogen and oxygen atoms in total. The van der Waals surface area contributed by atoms with Gasteiger partial charge >= 0.3 is 0 Å². The van der Waals surface area contributed by atoms with Gasteiger partial charge in [-0.05, 0) is 61.6 Å². The predicted octanol–water partition coefficient (Wildman–Crippen LogP) is 3.22. The van der Waals surface area contributed by atoms with Crippen molar-refractivity contribution >= 4 is 5.91 Å². The average Bonchev–Trinajstić information content (AvgIpc) is 2.70. The lowest BCUT2D eigenvalue weighted by Gasteiger charge is -2.52. The number of halogens is 1. The molecule has 2 bridgehead atoms. The first kappa shape index (κ1) is 17.9. The Morgan fingerprint density at radius 2 is 1.80 bits per heavy atom. The minimum Gasteiger partial charge on any atom is -0.489 e. The molecule has 5 heteroatoms. The van der Waals surface area contributed by atoms with Gasteiger partial charge in [-0.1, -0.05) is 12.1 Å². The number of fused-ring (bicyclic) bond motifs is 3. The summed E-state index contributed by atoms with van der Waals surface area (Å²) in [5.41, 5.74) is 7.24. The first-order valence-corrected chi connectivity index (χ1v) is 9.01. The van der Waals surface area contributed by atoms with Crippen LogP contribution in [-0.4, -0.2) is 26.1 Å². The van der Waals surface area contributed by atoms with Crippen molar-refractivity contribution in [3.8, 4) is 5.75 Å². The third kappa shape index (κ3) is 3.30. The zero-order chi connectivity index (χ0) is 17.9. The maximum absolute atomic E-state index is 12.5. The summed E-state index contributed by atoms with van der Waals surface area (Å²) in [5, 5.41) is 2.85. The number of carbonyl (C=O) groups is 1.